The van der Waals surface area contributed by atoms with Gasteiger partial charge in [0.05, 0.1) is 23.6 Å². The molecule has 6 nitrogen and oxygen atoms in total. The number of hydrogen-bond donors (Lipinski definition) is 0. The Morgan fingerprint density at radius 2 is 1.82 bits per heavy atom. The van der Waals surface area contributed by atoms with Gasteiger partial charge in [-0.15, -0.1) is 0 Å². The summed E-state index contributed by atoms with van der Waals surface area (Å²) in [7, 11) is 0. The lowest BCUT2D eigenvalue weighted by atomic mass is 9.98. The van der Waals surface area contributed by atoms with E-state index in [1.807, 2.05) is 43.3 Å². The van der Waals surface area contributed by atoms with Crippen LogP contribution in [0.4, 0.5) is 5.82 Å². The van der Waals surface area contributed by atoms with Gasteiger partial charge in [-0.1, -0.05) is 44.0 Å². The first-order valence-electron chi connectivity index (χ1n) is 11.6. The number of amides is 1. The van der Waals surface area contributed by atoms with Crippen LogP contribution in [-0.2, 0) is 0 Å². The number of unbranched alkanes of at least 4 members (excludes halogenated alkanes) is 2. The van der Waals surface area contributed by atoms with Crippen LogP contribution in [0.3, 0.4) is 0 Å². The molecule has 5 rings (SSSR count). The van der Waals surface area contributed by atoms with Gasteiger partial charge >= 0.3 is 0 Å². The average molecular weight is 455 g/mol. The van der Waals surface area contributed by atoms with Crippen molar-refractivity contribution in [2.75, 3.05) is 11.5 Å². The van der Waals surface area contributed by atoms with E-state index in [9.17, 15) is 9.59 Å². The molecule has 0 saturated heterocycles. The third-order valence-corrected chi connectivity index (χ3v) is 6.14. The molecule has 172 valence electrons. The van der Waals surface area contributed by atoms with Crippen molar-refractivity contribution in [3.8, 4) is 5.75 Å². The van der Waals surface area contributed by atoms with Gasteiger partial charge in [-0.25, -0.2) is 4.98 Å². The molecule has 0 aliphatic carbocycles. The van der Waals surface area contributed by atoms with E-state index < -0.39 is 6.04 Å². The molecular formula is C28H26N2O4. The van der Waals surface area contributed by atoms with Crippen LogP contribution in [0.5, 0.6) is 5.75 Å². The van der Waals surface area contributed by atoms with Crippen molar-refractivity contribution in [1.29, 1.82) is 0 Å². The highest BCUT2D eigenvalue weighted by molar-refractivity contribution is 6.10. The van der Waals surface area contributed by atoms with E-state index in [2.05, 4.69) is 11.9 Å². The standard InChI is InChI=1S/C28H26N2O4/c1-3-4-7-16-33-20-12-10-19(11-13-20)25-24-26(31)21-8-5-6-9-22(21)34-27(24)28(32)30(25)23-17-18(2)14-15-29-23/h5-6,8-15,17,25H,3-4,7,16H2,1-2H3. The minimum Gasteiger partial charge on any atom is -0.494 e. The van der Waals surface area contributed by atoms with E-state index in [-0.39, 0.29) is 17.1 Å². The normalized spacial score (nSPS) is 15.1. The van der Waals surface area contributed by atoms with Crippen LogP contribution in [0.15, 0.2) is 76.1 Å². The summed E-state index contributed by atoms with van der Waals surface area (Å²) >= 11 is 0. The van der Waals surface area contributed by atoms with E-state index >= 15 is 0 Å². The average Bonchev–Trinajstić information content (AvgIpc) is 3.15. The first-order valence-corrected chi connectivity index (χ1v) is 11.6. The largest absolute Gasteiger partial charge is 0.494 e. The van der Waals surface area contributed by atoms with Gasteiger partial charge in [0, 0.05) is 6.20 Å². The minimum absolute atomic E-state index is 0.0666. The van der Waals surface area contributed by atoms with Gasteiger partial charge < -0.3 is 9.15 Å². The summed E-state index contributed by atoms with van der Waals surface area (Å²) in [5.74, 6) is 0.928. The summed E-state index contributed by atoms with van der Waals surface area (Å²) in [5.41, 5.74) is 2.29. The maximum atomic E-state index is 13.6. The smallest absolute Gasteiger partial charge is 0.296 e. The Bertz CT molecular complexity index is 1410. The van der Waals surface area contributed by atoms with Crippen LogP contribution in [0.1, 0.15) is 59.5 Å². The first-order chi connectivity index (χ1) is 16.6. The van der Waals surface area contributed by atoms with Crippen LogP contribution in [0, 0.1) is 6.92 Å². The number of aromatic nitrogens is 1. The third kappa shape index (κ3) is 3.85. The molecular weight excluding hydrogens is 428 g/mol. The zero-order valence-corrected chi connectivity index (χ0v) is 19.3. The molecule has 2 aromatic carbocycles. The van der Waals surface area contributed by atoms with Gasteiger partial charge in [-0.05, 0) is 60.9 Å². The Labute approximate surface area is 197 Å². The van der Waals surface area contributed by atoms with Crippen LogP contribution in [0.2, 0.25) is 0 Å². The second-order valence-corrected chi connectivity index (χ2v) is 8.56. The molecule has 34 heavy (non-hydrogen) atoms. The molecule has 0 N–H and O–H groups in total. The van der Waals surface area contributed by atoms with Gasteiger partial charge in [-0.2, -0.15) is 0 Å². The maximum Gasteiger partial charge on any atom is 0.296 e. The molecule has 0 radical (unpaired) electrons. The zero-order valence-electron chi connectivity index (χ0n) is 19.3. The molecule has 1 atom stereocenters. The third-order valence-electron chi connectivity index (χ3n) is 6.14. The minimum atomic E-state index is -0.646. The molecule has 0 bridgehead atoms. The van der Waals surface area contributed by atoms with Gasteiger partial charge in [0.1, 0.15) is 17.2 Å². The van der Waals surface area contributed by atoms with Crippen LogP contribution >= 0.6 is 0 Å². The predicted octanol–water partition coefficient (Wildman–Crippen LogP) is 5.82. The number of carbonyl (C=O) groups excluding carboxylic acids is 1. The molecule has 1 aliphatic rings. The summed E-state index contributed by atoms with van der Waals surface area (Å²) < 4.78 is 11.8. The van der Waals surface area contributed by atoms with E-state index in [0.717, 1.165) is 36.1 Å². The number of carbonyl (C=O) groups is 1. The summed E-state index contributed by atoms with van der Waals surface area (Å²) in [4.78, 5) is 33.2. The number of rotatable bonds is 7. The number of fused-ring (bicyclic) bond motifs is 2. The second kappa shape index (κ2) is 9.14. The van der Waals surface area contributed by atoms with Crippen molar-refractivity contribution in [3.63, 3.8) is 0 Å². The fraction of sp³-hybridized carbons (Fsp3) is 0.250. The van der Waals surface area contributed by atoms with Gasteiger partial charge in [-0.3, -0.25) is 14.5 Å². The van der Waals surface area contributed by atoms with Crippen LogP contribution in [0.25, 0.3) is 11.0 Å². The molecule has 1 amide bonds. The predicted molar refractivity (Wildman–Crippen MR) is 132 cm³/mol. The summed E-state index contributed by atoms with van der Waals surface area (Å²) in [5, 5.41) is 0.453. The van der Waals surface area contributed by atoms with Gasteiger partial charge in [0.2, 0.25) is 5.76 Å². The zero-order chi connectivity index (χ0) is 23.7. The number of para-hydroxylation sites is 1. The number of pyridine rings is 1. The van der Waals surface area contributed by atoms with E-state index in [4.69, 9.17) is 9.15 Å². The van der Waals surface area contributed by atoms with Gasteiger partial charge in [0.25, 0.3) is 5.91 Å². The maximum absolute atomic E-state index is 13.6. The Morgan fingerprint density at radius 1 is 1.03 bits per heavy atom. The first kappa shape index (κ1) is 21.9. The number of hydrogen-bond acceptors (Lipinski definition) is 5. The lowest BCUT2D eigenvalue weighted by Crippen LogP contribution is -2.30. The van der Waals surface area contributed by atoms with Crippen molar-refractivity contribution in [2.24, 2.45) is 0 Å². The quantitative estimate of drug-likeness (QED) is 0.329. The lowest BCUT2D eigenvalue weighted by molar-refractivity contribution is 0.0970. The number of benzene rings is 2. The molecule has 0 spiro atoms. The molecule has 1 aliphatic heterocycles. The number of ether oxygens (including phenoxy) is 1. The fourth-order valence-corrected chi connectivity index (χ4v) is 4.41. The van der Waals surface area contributed by atoms with E-state index in [1.165, 1.54) is 0 Å². The van der Waals surface area contributed by atoms with Crippen molar-refractivity contribution in [1.82, 2.24) is 4.98 Å². The van der Waals surface area contributed by atoms with Crippen molar-refractivity contribution in [3.05, 3.63) is 99.5 Å². The van der Waals surface area contributed by atoms with E-state index in [0.29, 0.717) is 29.0 Å². The summed E-state index contributed by atoms with van der Waals surface area (Å²) in [6.07, 6.45) is 4.93. The monoisotopic (exact) mass is 454 g/mol. The van der Waals surface area contributed by atoms with Crippen LogP contribution < -0.4 is 15.1 Å². The topological polar surface area (TPSA) is 72.6 Å². The Balaban J connectivity index is 1.61. The van der Waals surface area contributed by atoms with Gasteiger partial charge in [0.15, 0.2) is 5.43 Å². The number of anilines is 1. The van der Waals surface area contributed by atoms with E-state index in [1.54, 1.807) is 35.4 Å². The van der Waals surface area contributed by atoms with Crippen molar-refractivity contribution < 1.29 is 13.9 Å². The summed E-state index contributed by atoms with van der Waals surface area (Å²) in [6.45, 7) is 4.76. The lowest BCUT2D eigenvalue weighted by Gasteiger charge is -2.24. The highest BCUT2D eigenvalue weighted by atomic mass is 16.5. The Kier molecular flexibility index (Phi) is 5.88. The summed E-state index contributed by atoms with van der Waals surface area (Å²) in [6, 6.07) is 17.6. The van der Waals surface area contributed by atoms with Crippen molar-refractivity contribution >= 4 is 22.7 Å². The van der Waals surface area contributed by atoms with Crippen molar-refractivity contribution in [2.45, 2.75) is 39.2 Å². The molecule has 4 aromatic rings. The fourth-order valence-electron chi connectivity index (χ4n) is 4.41. The molecule has 0 saturated carbocycles. The SMILES string of the molecule is CCCCCOc1ccc(C2c3c(oc4ccccc4c3=O)C(=O)N2c2cc(C)ccn2)cc1. The Morgan fingerprint density at radius 3 is 2.59 bits per heavy atom. The Hall–Kier alpha value is -3.93. The van der Waals surface area contributed by atoms with Crippen LogP contribution in [-0.4, -0.2) is 17.5 Å². The highest BCUT2D eigenvalue weighted by Crippen LogP contribution is 2.41. The molecule has 2 aromatic heterocycles. The molecule has 3 heterocycles. The molecule has 6 heteroatoms. The number of aryl methyl sites for hydroxylation is 1. The number of nitrogens with zero attached hydrogens (tertiary/aromatic N) is 2. The highest BCUT2D eigenvalue weighted by Gasteiger charge is 2.44. The second-order valence-electron chi connectivity index (χ2n) is 8.56. The molecule has 1 unspecified atom stereocenters. The molecule has 0 fully saturated rings.